The van der Waals surface area contributed by atoms with Crippen LogP contribution in [0.2, 0.25) is 10.0 Å². The van der Waals surface area contributed by atoms with E-state index in [0.29, 0.717) is 10.7 Å². The molecule has 0 saturated carbocycles. The number of carbonyl (C=O) groups excluding carboxylic acids is 1. The predicted molar refractivity (Wildman–Crippen MR) is 96.1 cm³/mol. The quantitative estimate of drug-likeness (QED) is 0.648. The van der Waals surface area contributed by atoms with Gasteiger partial charge in [-0.15, -0.1) is 0 Å². The van der Waals surface area contributed by atoms with Crippen LogP contribution >= 0.6 is 23.2 Å². The van der Waals surface area contributed by atoms with Gasteiger partial charge in [-0.2, -0.15) is 0 Å². The summed E-state index contributed by atoms with van der Waals surface area (Å²) in [6, 6.07) is 8.25. The maximum Gasteiger partial charge on any atom is 0.275 e. The van der Waals surface area contributed by atoms with Crippen molar-refractivity contribution in [2.45, 2.75) is 0 Å². The van der Waals surface area contributed by atoms with E-state index in [9.17, 15) is 13.6 Å². The summed E-state index contributed by atoms with van der Waals surface area (Å²) in [4.78, 5) is 20.1. The Labute approximate surface area is 157 Å². The molecule has 132 valence electrons. The maximum atomic E-state index is 13.6. The Bertz CT molecular complexity index is 947. The van der Waals surface area contributed by atoms with Gasteiger partial charge in [0.15, 0.2) is 0 Å². The Balaban J connectivity index is 1.75. The van der Waals surface area contributed by atoms with Crippen LogP contribution in [0.25, 0.3) is 0 Å². The van der Waals surface area contributed by atoms with Gasteiger partial charge in [0.25, 0.3) is 5.91 Å². The lowest BCUT2D eigenvalue weighted by Crippen LogP contribution is -2.14. The SMILES string of the molecule is O=C(Nc1cccc(Cl)c1Cl)c1cnc(Nc2c(F)cccc2F)cn1. The molecule has 1 aromatic heterocycles. The molecule has 0 saturated heterocycles. The molecule has 3 aromatic rings. The Morgan fingerprint density at radius 2 is 1.65 bits per heavy atom. The van der Waals surface area contributed by atoms with Gasteiger partial charge in [-0.05, 0) is 24.3 Å². The molecule has 0 aliphatic carbocycles. The van der Waals surface area contributed by atoms with Crippen LogP contribution in [0.1, 0.15) is 10.5 Å². The molecule has 0 atom stereocenters. The molecular weight excluding hydrogens is 385 g/mol. The molecule has 0 aliphatic heterocycles. The normalized spacial score (nSPS) is 10.5. The van der Waals surface area contributed by atoms with E-state index in [1.54, 1.807) is 18.2 Å². The van der Waals surface area contributed by atoms with Crippen LogP contribution in [0.4, 0.5) is 26.0 Å². The van der Waals surface area contributed by atoms with Gasteiger partial charge >= 0.3 is 0 Å². The number of rotatable bonds is 4. The summed E-state index contributed by atoms with van der Waals surface area (Å²) in [5.41, 5.74) is -0.0492. The molecule has 1 heterocycles. The second-order valence-electron chi connectivity index (χ2n) is 5.06. The van der Waals surface area contributed by atoms with Crippen molar-refractivity contribution in [2.24, 2.45) is 0 Å². The predicted octanol–water partition coefficient (Wildman–Crippen LogP) is 5.06. The molecule has 2 N–H and O–H groups in total. The third-order valence-electron chi connectivity index (χ3n) is 3.30. The van der Waals surface area contributed by atoms with E-state index >= 15 is 0 Å². The molecular formula is C17H10Cl2F2N4O. The average Bonchev–Trinajstić information content (AvgIpc) is 2.63. The summed E-state index contributed by atoms with van der Waals surface area (Å²) < 4.78 is 27.2. The number of benzene rings is 2. The van der Waals surface area contributed by atoms with Crippen molar-refractivity contribution < 1.29 is 13.6 Å². The minimum absolute atomic E-state index is 0.0133. The monoisotopic (exact) mass is 394 g/mol. The van der Waals surface area contributed by atoms with E-state index in [4.69, 9.17) is 23.2 Å². The Kier molecular flexibility index (Phi) is 5.29. The highest BCUT2D eigenvalue weighted by Crippen LogP contribution is 2.29. The molecule has 0 spiro atoms. The second-order valence-corrected chi connectivity index (χ2v) is 5.85. The summed E-state index contributed by atoms with van der Waals surface area (Å²) in [5, 5.41) is 5.53. The minimum Gasteiger partial charge on any atom is -0.334 e. The van der Waals surface area contributed by atoms with Crippen LogP contribution < -0.4 is 10.6 Å². The summed E-state index contributed by atoms with van der Waals surface area (Å²) in [6.07, 6.45) is 2.34. The highest BCUT2D eigenvalue weighted by atomic mass is 35.5. The lowest BCUT2D eigenvalue weighted by molar-refractivity contribution is 0.102. The standard InChI is InChI=1S/C17H10Cl2F2N4O/c18-9-3-1-6-12(15(9)19)24-17(26)13-7-23-14(8-22-13)25-16-10(20)4-2-5-11(16)21/h1-8H,(H,23,25)(H,24,26). The number of halogens is 4. The Morgan fingerprint density at radius 1 is 0.962 bits per heavy atom. The fourth-order valence-corrected chi connectivity index (χ4v) is 2.39. The zero-order chi connectivity index (χ0) is 18.7. The number of para-hydroxylation sites is 1. The second kappa shape index (κ2) is 7.63. The van der Waals surface area contributed by atoms with Gasteiger partial charge in [0.2, 0.25) is 0 Å². The van der Waals surface area contributed by atoms with Crippen molar-refractivity contribution in [1.82, 2.24) is 9.97 Å². The van der Waals surface area contributed by atoms with E-state index in [1.165, 1.54) is 12.3 Å². The number of carbonyl (C=O) groups is 1. The molecule has 2 aromatic carbocycles. The van der Waals surface area contributed by atoms with Crippen LogP contribution in [0.5, 0.6) is 0 Å². The lowest BCUT2D eigenvalue weighted by Gasteiger charge is -2.09. The topological polar surface area (TPSA) is 66.9 Å². The first-order chi connectivity index (χ1) is 12.5. The summed E-state index contributed by atoms with van der Waals surface area (Å²) in [5.74, 6) is -2.04. The Morgan fingerprint density at radius 3 is 2.31 bits per heavy atom. The third-order valence-corrected chi connectivity index (χ3v) is 4.12. The fourth-order valence-electron chi connectivity index (χ4n) is 2.04. The third kappa shape index (κ3) is 3.89. The van der Waals surface area contributed by atoms with Crippen LogP contribution in [0, 0.1) is 11.6 Å². The van der Waals surface area contributed by atoms with Gasteiger partial charge in [0, 0.05) is 0 Å². The van der Waals surface area contributed by atoms with Gasteiger partial charge in [-0.1, -0.05) is 35.3 Å². The summed E-state index contributed by atoms with van der Waals surface area (Å²) in [6.45, 7) is 0. The number of anilines is 3. The highest BCUT2D eigenvalue weighted by Gasteiger charge is 2.13. The van der Waals surface area contributed by atoms with Gasteiger partial charge in [0.1, 0.15) is 28.8 Å². The minimum atomic E-state index is -0.774. The fraction of sp³-hybridized carbons (Fsp3) is 0. The van der Waals surface area contributed by atoms with Crippen LogP contribution in [-0.4, -0.2) is 15.9 Å². The first kappa shape index (κ1) is 18.0. The van der Waals surface area contributed by atoms with Crippen LogP contribution in [0.15, 0.2) is 48.8 Å². The number of hydrogen-bond acceptors (Lipinski definition) is 4. The molecule has 0 fully saturated rings. The number of hydrogen-bond donors (Lipinski definition) is 2. The highest BCUT2D eigenvalue weighted by molar-refractivity contribution is 6.44. The molecule has 1 amide bonds. The molecule has 0 radical (unpaired) electrons. The van der Waals surface area contributed by atoms with Crippen molar-refractivity contribution in [3.8, 4) is 0 Å². The number of nitrogens with one attached hydrogen (secondary N) is 2. The van der Waals surface area contributed by atoms with Gasteiger partial charge in [-0.25, -0.2) is 18.7 Å². The van der Waals surface area contributed by atoms with Crippen molar-refractivity contribution in [3.63, 3.8) is 0 Å². The zero-order valence-corrected chi connectivity index (χ0v) is 14.4. The van der Waals surface area contributed by atoms with E-state index < -0.39 is 17.5 Å². The van der Waals surface area contributed by atoms with Crippen molar-refractivity contribution in [3.05, 3.63) is 76.2 Å². The molecule has 0 unspecified atom stereocenters. The molecule has 3 rings (SSSR count). The lowest BCUT2D eigenvalue weighted by atomic mass is 10.3. The van der Waals surface area contributed by atoms with Crippen LogP contribution in [-0.2, 0) is 0 Å². The molecule has 0 aliphatic rings. The largest absolute Gasteiger partial charge is 0.334 e. The number of amides is 1. The smallest absolute Gasteiger partial charge is 0.275 e. The summed E-state index contributed by atoms with van der Waals surface area (Å²) >= 11 is 11.9. The van der Waals surface area contributed by atoms with Gasteiger partial charge in [0.05, 0.1) is 28.1 Å². The average molecular weight is 395 g/mol. The maximum absolute atomic E-state index is 13.6. The molecule has 9 heteroatoms. The van der Waals surface area contributed by atoms with Crippen molar-refractivity contribution in [2.75, 3.05) is 10.6 Å². The zero-order valence-electron chi connectivity index (χ0n) is 12.9. The number of nitrogens with zero attached hydrogens (tertiary/aromatic N) is 2. The first-order valence-electron chi connectivity index (χ1n) is 7.24. The van der Waals surface area contributed by atoms with Gasteiger partial charge < -0.3 is 10.6 Å². The molecule has 26 heavy (non-hydrogen) atoms. The van der Waals surface area contributed by atoms with E-state index in [1.807, 2.05) is 0 Å². The Hall–Kier alpha value is -2.77. The van der Waals surface area contributed by atoms with Gasteiger partial charge in [-0.3, -0.25) is 4.79 Å². The molecule has 0 bridgehead atoms. The molecule has 5 nitrogen and oxygen atoms in total. The van der Waals surface area contributed by atoms with E-state index in [-0.39, 0.29) is 22.2 Å². The van der Waals surface area contributed by atoms with E-state index in [2.05, 4.69) is 20.6 Å². The van der Waals surface area contributed by atoms with Crippen LogP contribution in [0.3, 0.4) is 0 Å². The van der Waals surface area contributed by atoms with Crippen molar-refractivity contribution in [1.29, 1.82) is 0 Å². The van der Waals surface area contributed by atoms with E-state index in [0.717, 1.165) is 18.3 Å². The number of aromatic nitrogens is 2. The first-order valence-corrected chi connectivity index (χ1v) is 7.99. The van der Waals surface area contributed by atoms with Crippen molar-refractivity contribution >= 4 is 46.3 Å². The summed E-state index contributed by atoms with van der Waals surface area (Å²) in [7, 11) is 0.